The Morgan fingerprint density at radius 3 is 2.71 bits per heavy atom. The Labute approximate surface area is 184 Å². The number of amides is 1. The lowest BCUT2D eigenvalue weighted by Gasteiger charge is -2.20. The van der Waals surface area contributed by atoms with Gasteiger partial charge >= 0.3 is 0 Å². The van der Waals surface area contributed by atoms with Crippen molar-refractivity contribution in [2.75, 3.05) is 19.8 Å². The molecule has 0 radical (unpaired) electrons. The van der Waals surface area contributed by atoms with E-state index in [0.29, 0.717) is 60.0 Å². The Bertz CT molecular complexity index is 1190. The molecule has 2 aromatic carbocycles. The van der Waals surface area contributed by atoms with Gasteiger partial charge in [0.2, 0.25) is 0 Å². The summed E-state index contributed by atoms with van der Waals surface area (Å²) in [6.07, 6.45) is 0.561. The smallest absolute Gasteiger partial charge is 0.274 e. The first kappa shape index (κ1) is 21.2. The molecule has 31 heavy (non-hydrogen) atoms. The number of benzene rings is 2. The van der Waals surface area contributed by atoms with Gasteiger partial charge in [-0.05, 0) is 36.1 Å². The molecule has 0 atom stereocenters. The summed E-state index contributed by atoms with van der Waals surface area (Å²) in [5, 5.41) is 8.81. The van der Waals surface area contributed by atoms with Gasteiger partial charge in [-0.15, -0.1) is 0 Å². The molecule has 3 aromatic rings. The first-order chi connectivity index (χ1) is 14.9. The van der Waals surface area contributed by atoms with E-state index in [9.17, 15) is 9.59 Å². The van der Waals surface area contributed by atoms with Crippen LogP contribution in [0.25, 0.3) is 10.8 Å². The number of hydrogen-bond donors (Lipinski definition) is 1. The van der Waals surface area contributed by atoms with E-state index in [4.69, 9.17) is 21.1 Å². The number of halogens is 1. The van der Waals surface area contributed by atoms with E-state index in [1.54, 1.807) is 24.3 Å². The third-order valence-electron chi connectivity index (χ3n) is 4.98. The van der Waals surface area contributed by atoms with Crippen LogP contribution in [-0.2, 0) is 13.0 Å². The van der Waals surface area contributed by atoms with E-state index in [0.717, 1.165) is 5.56 Å². The van der Waals surface area contributed by atoms with Gasteiger partial charge < -0.3 is 14.8 Å². The van der Waals surface area contributed by atoms with Crippen LogP contribution in [-0.4, -0.2) is 35.4 Å². The Hall–Kier alpha value is -3.06. The van der Waals surface area contributed by atoms with Gasteiger partial charge in [-0.25, -0.2) is 4.68 Å². The van der Waals surface area contributed by atoms with Gasteiger partial charge in [0.15, 0.2) is 17.2 Å². The second-order valence-corrected chi connectivity index (χ2v) is 8.29. The Morgan fingerprint density at radius 2 is 1.94 bits per heavy atom. The molecular formula is C23H24ClN3O4. The fraction of sp³-hybridized carbons (Fsp3) is 0.348. The summed E-state index contributed by atoms with van der Waals surface area (Å²) in [6.45, 7) is 5.78. The molecule has 1 aromatic heterocycles. The number of aromatic nitrogens is 2. The van der Waals surface area contributed by atoms with Crippen LogP contribution in [0.5, 0.6) is 11.5 Å². The fourth-order valence-corrected chi connectivity index (χ4v) is 3.87. The Kier molecular flexibility index (Phi) is 6.13. The molecule has 0 spiro atoms. The lowest BCUT2D eigenvalue weighted by molar-refractivity contribution is 0.0948. The average molecular weight is 442 g/mol. The Balaban J connectivity index is 1.53. The summed E-state index contributed by atoms with van der Waals surface area (Å²) in [5.41, 5.74) is 0.986. The highest BCUT2D eigenvalue weighted by molar-refractivity contribution is 6.32. The van der Waals surface area contributed by atoms with Crippen molar-refractivity contribution in [3.63, 3.8) is 0 Å². The van der Waals surface area contributed by atoms with E-state index in [1.807, 2.05) is 26.0 Å². The van der Waals surface area contributed by atoms with Crippen LogP contribution >= 0.6 is 11.6 Å². The normalized spacial score (nSPS) is 12.9. The summed E-state index contributed by atoms with van der Waals surface area (Å²) >= 11 is 6.29. The number of carbonyl (C=O) groups is 1. The van der Waals surface area contributed by atoms with E-state index in [1.165, 1.54) is 4.68 Å². The second kappa shape index (κ2) is 8.98. The quantitative estimate of drug-likeness (QED) is 0.633. The molecule has 2 heterocycles. The van der Waals surface area contributed by atoms with Gasteiger partial charge in [-0.2, -0.15) is 5.10 Å². The average Bonchev–Trinajstić information content (AvgIpc) is 2.75. The molecule has 0 fully saturated rings. The highest BCUT2D eigenvalue weighted by atomic mass is 35.5. The van der Waals surface area contributed by atoms with Crippen LogP contribution in [0.1, 0.15) is 29.9 Å². The maximum atomic E-state index is 12.9. The number of fused-ring (bicyclic) bond motifs is 2. The number of nitrogens with one attached hydrogen (secondary N) is 1. The molecule has 1 aliphatic heterocycles. The van der Waals surface area contributed by atoms with Crippen LogP contribution in [0, 0.1) is 5.92 Å². The highest BCUT2D eigenvalue weighted by Gasteiger charge is 2.18. The highest BCUT2D eigenvalue weighted by Crippen LogP contribution is 2.38. The molecule has 1 aliphatic rings. The van der Waals surface area contributed by atoms with E-state index in [-0.39, 0.29) is 23.1 Å². The molecule has 0 bridgehead atoms. The molecule has 0 saturated heterocycles. The molecule has 4 rings (SSSR count). The van der Waals surface area contributed by atoms with Crippen molar-refractivity contribution in [3.8, 4) is 11.5 Å². The van der Waals surface area contributed by atoms with Crippen molar-refractivity contribution in [1.29, 1.82) is 0 Å². The number of hydrogen-bond acceptors (Lipinski definition) is 5. The van der Waals surface area contributed by atoms with E-state index in [2.05, 4.69) is 10.4 Å². The van der Waals surface area contributed by atoms with Crippen LogP contribution in [0.15, 0.2) is 41.2 Å². The molecule has 1 amide bonds. The van der Waals surface area contributed by atoms with Crippen LogP contribution in [0.4, 0.5) is 0 Å². The standard InChI is InChI=1S/C23H24ClN3O4/c1-14(2)13-27-23(29)17-6-4-3-5-16(17)20(26-27)22(28)25-8-7-15-11-18(24)21-19(12-15)30-9-10-31-21/h3-6,11-12,14H,7-10,13H2,1-2H3,(H,25,28). The van der Waals surface area contributed by atoms with Crippen molar-refractivity contribution in [1.82, 2.24) is 15.1 Å². The number of nitrogens with zero attached hydrogens (tertiary/aromatic N) is 2. The molecular weight excluding hydrogens is 418 g/mol. The summed E-state index contributed by atoms with van der Waals surface area (Å²) in [5.74, 6) is 1.08. The maximum Gasteiger partial charge on any atom is 0.274 e. The van der Waals surface area contributed by atoms with Gasteiger partial charge in [0.25, 0.3) is 11.5 Å². The zero-order valence-corrected chi connectivity index (χ0v) is 18.2. The number of rotatable bonds is 6. The SMILES string of the molecule is CC(C)Cn1nc(C(=O)NCCc2cc(Cl)c3c(c2)OCCO3)c2ccccc2c1=O. The number of ether oxygens (including phenoxy) is 2. The first-order valence-corrected chi connectivity index (χ1v) is 10.7. The summed E-state index contributed by atoms with van der Waals surface area (Å²) in [6, 6.07) is 10.8. The molecule has 8 heteroatoms. The maximum absolute atomic E-state index is 12.9. The molecule has 0 aliphatic carbocycles. The minimum Gasteiger partial charge on any atom is -0.486 e. The van der Waals surface area contributed by atoms with Gasteiger partial charge in [-0.1, -0.05) is 43.6 Å². The van der Waals surface area contributed by atoms with Gasteiger partial charge in [-0.3, -0.25) is 9.59 Å². The van der Waals surface area contributed by atoms with Crippen LogP contribution < -0.4 is 20.3 Å². The topological polar surface area (TPSA) is 82.5 Å². The molecule has 0 unspecified atom stereocenters. The minimum atomic E-state index is -0.322. The second-order valence-electron chi connectivity index (χ2n) is 7.88. The van der Waals surface area contributed by atoms with Crippen molar-refractivity contribution >= 4 is 28.3 Å². The summed E-state index contributed by atoms with van der Waals surface area (Å²) < 4.78 is 12.5. The van der Waals surface area contributed by atoms with Crippen molar-refractivity contribution in [3.05, 3.63) is 63.0 Å². The number of carbonyl (C=O) groups excluding carboxylic acids is 1. The lowest BCUT2D eigenvalue weighted by atomic mass is 10.1. The zero-order valence-electron chi connectivity index (χ0n) is 17.5. The molecule has 0 saturated carbocycles. The van der Waals surface area contributed by atoms with Crippen LogP contribution in [0.2, 0.25) is 5.02 Å². The van der Waals surface area contributed by atoms with E-state index < -0.39 is 0 Å². The van der Waals surface area contributed by atoms with Gasteiger partial charge in [0.1, 0.15) is 13.2 Å². The third kappa shape index (κ3) is 4.51. The minimum absolute atomic E-state index is 0.188. The largest absolute Gasteiger partial charge is 0.486 e. The monoisotopic (exact) mass is 441 g/mol. The summed E-state index contributed by atoms with van der Waals surface area (Å²) in [4.78, 5) is 25.7. The molecule has 162 valence electrons. The van der Waals surface area contributed by atoms with Gasteiger partial charge in [0.05, 0.1) is 10.4 Å². The molecule has 1 N–H and O–H groups in total. The predicted octanol–water partition coefficient (Wildman–Crippen LogP) is 3.45. The van der Waals surface area contributed by atoms with Crippen molar-refractivity contribution in [2.45, 2.75) is 26.8 Å². The van der Waals surface area contributed by atoms with Crippen LogP contribution in [0.3, 0.4) is 0 Å². The lowest BCUT2D eigenvalue weighted by Crippen LogP contribution is -2.32. The van der Waals surface area contributed by atoms with Crippen molar-refractivity contribution < 1.29 is 14.3 Å². The fourth-order valence-electron chi connectivity index (χ4n) is 3.59. The Morgan fingerprint density at radius 1 is 1.19 bits per heavy atom. The zero-order chi connectivity index (χ0) is 22.0. The molecule has 7 nitrogen and oxygen atoms in total. The van der Waals surface area contributed by atoms with Crippen molar-refractivity contribution in [2.24, 2.45) is 5.92 Å². The predicted molar refractivity (Wildman–Crippen MR) is 119 cm³/mol. The van der Waals surface area contributed by atoms with E-state index >= 15 is 0 Å². The summed E-state index contributed by atoms with van der Waals surface area (Å²) in [7, 11) is 0. The first-order valence-electron chi connectivity index (χ1n) is 10.3. The third-order valence-corrected chi connectivity index (χ3v) is 5.26. The van der Waals surface area contributed by atoms with Gasteiger partial charge in [0, 0.05) is 18.5 Å².